The van der Waals surface area contributed by atoms with E-state index in [1.807, 2.05) is 0 Å². The molecule has 0 radical (unpaired) electrons. The van der Waals surface area contributed by atoms with Crippen molar-refractivity contribution in [1.82, 2.24) is 0 Å². The molecule has 138 valence electrons. The molecule has 0 aliphatic rings. The first kappa shape index (κ1) is 20.0. The molecule has 0 fully saturated rings. The third kappa shape index (κ3) is 5.85. The standard InChI is InChI=1S/C22H32O2S/c1-22(2,3)25(23,24)18-11-7-5-4-6-8-13-19-15-12-16-20-14-9-10-17-21(19)20/h9-10,12,14-17H,4-8,11,13,18H2,1-3H3. The second-order valence-electron chi connectivity index (χ2n) is 7.94. The minimum Gasteiger partial charge on any atom is -0.228 e. The first-order valence-electron chi connectivity index (χ1n) is 9.50. The Morgan fingerprint density at radius 1 is 0.760 bits per heavy atom. The van der Waals surface area contributed by atoms with Crippen molar-refractivity contribution in [3.63, 3.8) is 0 Å². The van der Waals surface area contributed by atoms with Gasteiger partial charge in [0.05, 0.1) is 10.5 Å². The molecule has 25 heavy (non-hydrogen) atoms. The van der Waals surface area contributed by atoms with E-state index < -0.39 is 14.6 Å². The van der Waals surface area contributed by atoms with Gasteiger partial charge in [0.1, 0.15) is 0 Å². The van der Waals surface area contributed by atoms with Gasteiger partial charge in [-0.1, -0.05) is 68.1 Å². The lowest BCUT2D eigenvalue weighted by atomic mass is 9.99. The van der Waals surface area contributed by atoms with E-state index in [2.05, 4.69) is 42.5 Å². The van der Waals surface area contributed by atoms with E-state index in [4.69, 9.17) is 0 Å². The number of aryl methyl sites for hydroxylation is 1. The molecule has 0 amide bonds. The first-order chi connectivity index (χ1) is 11.8. The van der Waals surface area contributed by atoms with Crippen LogP contribution in [0.5, 0.6) is 0 Å². The minimum absolute atomic E-state index is 0.326. The van der Waals surface area contributed by atoms with Gasteiger partial charge in [-0.25, -0.2) is 8.42 Å². The highest BCUT2D eigenvalue weighted by molar-refractivity contribution is 7.92. The van der Waals surface area contributed by atoms with Crippen molar-refractivity contribution >= 4 is 20.6 Å². The average molecular weight is 361 g/mol. The van der Waals surface area contributed by atoms with Crippen molar-refractivity contribution in [2.24, 2.45) is 0 Å². The molecule has 0 saturated carbocycles. The monoisotopic (exact) mass is 360 g/mol. The summed E-state index contributed by atoms with van der Waals surface area (Å²) in [4.78, 5) is 0. The van der Waals surface area contributed by atoms with Crippen molar-refractivity contribution in [3.8, 4) is 0 Å². The topological polar surface area (TPSA) is 34.1 Å². The van der Waals surface area contributed by atoms with Gasteiger partial charge in [-0.3, -0.25) is 0 Å². The molecule has 0 atom stereocenters. The van der Waals surface area contributed by atoms with Crippen LogP contribution >= 0.6 is 0 Å². The highest BCUT2D eigenvalue weighted by atomic mass is 32.2. The van der Waals surface area contributed by atoms with Crippen molar-refractivity contribution < 1.29 is 8.42 Å². The summed E-state index contributed by atoms with van der Waals surface area (Å²) in [5.74, 6) is 0.326. The van der Waals surface area contributed by atoms with Gasteiger partial charge in [-0.2, -0.15) is 0 Å². The summed E-state index contributed by atoms with van der Waals surface area (Å²) >= 11 is 0. The minimum atomic E-state index is -2.95. The van der Waals surface area contributed by atoms with Gasteiger partial charge in [0, 0.05) is 0 Å². The molecule has 3 heteroatoms. The lowest BCUT2D eigenvalue weighted by molar-refractivity contribution is 0.551. The molecule has 2 nitrogen and oxygen atoms in total. The number of benzene rings is 2. The van der Waals surface area contributed by atoms with Gasteiger partial charge in [-0.05, 0) is 56.4 Å². The van der Waals surface area contributed by atoms with Gasteiger partial charge in [0.15, 0.2) is 9.84 Å². The number of hydrogen-bond donors (Lipinski definition) is 0. The third-order valence-corrected chi connectivity index (χ3v) is 7.61. The molecular formula is C22H32O2S. The Labute approximate surface area is 153 Å². The lowest BCUT2D eigenvalue weighted by Gasteiger charge is -2.18. The summed E-state index contributed by atoms with van der Waals surface area (Å²) in [6.07, 6.45) is 7.69. The van der Waals surface area contributed by atoms with Gasteiger partial charge >= 0.3 is 0 Å². The second kappa shape index (κ2) is 8.84. The van der Waals surface area contributed by atoms with E-state index in [1.165, 1.54) is 35.6 Å². The molecule has 0 heterocycles. The SMILES string of the molecule is CC(C)(C)S(=O)(=O)CCCCCCCCc1cccc2ccccc12. The molecule has 0 saturated heterocycles. The molecule has 0 unspecified atom stereocenters. The summed E-state index contributed by atoms with van der Waals surface area (Å²) < 4.78 is 23.5. The van der Waals surface area contributed by atoms with Crippen LogP contribution < -0.4 is 0 Å². The van der Waals surface area contributed by atoms with Crippen LogP contribution in [0.25, 0.3) is 10.8 Å². The van der Waals surface area contributed by atoms with Gasteiger partial charge < -0.3 is 0 Å². The maximum Gasteiger partial charge on any atom is 0.155 e. The molecule has 0 N–H and O–H groups in total. The molecule has 2 aromatic carbocycles. The quantitative estimate of drug-likeness (QED) is 0.519. The first-order valence-corrected chi connectivity index (χ1v) is 11.2. The molecule has 0 aromatic heterocycles. The Morgan fingerprint density at radius 2 is 1.36 bits per heavy atom. The lowest BCUT2D eigenvalue weighted by Crippen LogP contribution is -2.30. The summed E-state index contributed by atoms with van der Waals surface area (Å²) in [6.45, 7) is 5.36. The fourth-order valence-electron chi connectivity index (χ4n) is 3.13. The normalized spacial score (nSPS) is 12.6. The Bertz CT molecular complexity index is 765. The molecule has 0 spiro atoms. The number of sulfone groups is 1. The van der Waals surface area contributed by atoms with Crippen molar-refractivity contribution in [2.45, 2.75) is 70.5 Å². The van der Waals surface area contributed by atoms with Crippen LogP contribution in [0.4, 0.5) is 0 Å². The predicted octanol–water partition coefficient (Wildman–Crippen LogP) is 5.94. The average Bonchev–Trinajstić information content (AvgIpc) is 2.56. The Kier molecular flexibility index (Phi) is 7.06. The van der Waals surface area contributed by atoms with Gasteiger partial charge in [-0.15, -0.1) is 0 Å². The van der Waals surface area contributed by atoms with Crippen LogP contribution in [0.1, 0.15) is 64.9 Å². The Morgan fingerprint density at radius 3 is 2.08 bits per heavy atom. The molecule has 0 aliphatic carbocycles. The molecular weight excluding hydrogens is 328 g/mol. The van der Waals surface area contributed by atoms with Crippen molar-refractivity contribution in [3.05, 3.63) is 48.0 Å². The number of fused-ring (bicyclic) bond motifs is 1. The van der Waals surface area contributed by atoms with E-state index in [1.54, 1.807) is 20.8 Å². The van der Waals surface area contributed by atoms with E-state index in [9.17, 15) is 8.42 Å². The third-order valence-electron chi connectivity index (χ3n) is 4.92. The zero-order valence-corrected chi connectivity index (χ0v) is 16.7. The van der Waals surface area contributed by atoms with E-state index in [-0.39, 0.29) is 0 Å². The van der Waals surface area contributed by atoms with E-state index >= 15 is 0 Å². The maximum absolute atomic E-state index is 12.1. The molecule has 2 aromatic rings. The predicted molar refractivity (Wildman–Crippen MR) is 109 cm³/mol. The van der Waals surface area contributed by atoms with Crippen LogP contribution in [-0.2, 0) is 16.3 Å². The molecule has 0 bridgehead atoms. The largest absolute Gasteiger partial charge is 0.228 e. The smallest absolute Gasteiger partial charge is 0.155 e. The summed E-state index contributed by atoms with van der Waals surface area (Å²) in [5.41, 5.74) is 1.44. The van der Waals surface area contributed by atoms with Crippen LogP contribution in [0.15, 0.2) is 42.5 Å². The Hall–Kier alpha value is -1.35. The van der Waals surface area contributed by atoms with Crippen LogP contribution in [-0.4, -0.2) is 18.9 Å². The van der Waals surface area contributed by atoms with Crippen LogP contribution in [0.2, 0.25) is 0 Å². The maximum atomic E-state index is 12.1. The molecule has 2 rings (SSSR count). The van der Waals surface area contributed by atoms with Crippen LogP contribution in [0, 0.1) is 0 Å². The zero-order chi connectivity index (χ0) is 18.3. The van der Waals surface area contributed by atoms with Gasteiger partial charge in [0.25, 0.3) is 0 Å². The van der Waals surface area contributed by atoms with Gasteiger partial charge in [0.2, 0.25) is 0 Å². The van der Waals surface area contributed by atoms with Crippen LogP contribution in [0.3, 0.4) is 0 Å². The fraction of sp³-hybridized carbons (Fsp3) is 0.545. The number of unbranched alkanes of at least 4 members (excludes halogenated alkanes) is 5. The van der Waals surface area contributed by atoms with Crippen molar-refractivity contribution in [1.29, 1.82) is 0 Å². The zero-order valence-electron chi connectivity index (χ0n) is 15.9. The summed E-state index contributed by atoms with van der Waals surface area (Å²) in [5, 5.41) is 2.69. The summed E-state index contributed by atoms with van der Waals surface area (Å²) in [6, 6.07) is 15.1. The molecule has 0 aliphatic heterocycles. The summed E-state index contributed by atoms with van der Waals surface area (Å²) in [7, 11) is -2.95. The fourth-order valence-corrected chi connectivity index (χ4v) is 4.33. The van der Waals surface area contributed by atoms with E-state index in [0.717, 1.165) is 25.7 Å². The highest BCUT2D eigenvalue weighted by Crippen LogP contribution is 2.21. The van der Waals surface area contributed by atoms with Crippen molar-refractivity contribution in [2.75, 3.05) is 5.75 Å². The Balaban J connectivity index is 1.64. The highest BCUT2D eigenvalue weighted by Gasteiger charge is 2.27. The number of hydrogen-bond acceptors (Lipinski definition) is 2. The van der Waals surface area contributed by atoms with E-state index in [0.29, 0.717) is 5.75 Å². The number of rotatable bonds is 9. The second-order valence-corrected chi connectivity index (χ2v) is 10.8.